The van der Waals surface area contributed by atoms with Gasteiger partial charge >= 0.3 is 0 Å². The smallest absolute Gasteiger partial charge is 0.230 e. The molecule has 0 aromatic heterocycles. The Balaban J connectivity index is 2.12. The minimum Gasteiger partial charge on any atom is -0.385 e. The van der Waals surface area contributed by atoms with Gasteiger partial charge in [0.2, 0.25) is 5.91 Å². The molecule has 3 nitrogen and oxygen atoms in total. The van der Waals surface area contributed by atoms with Crippen LogP contribution in [0, 0.1) is 0 Å². The monoisotopic (exact) mass is 288 g/mol. The van der Waals surface area contributed by atoms with E-state index in [2.05, 4.69) is 36.2 Å². The van der Waals surface area contributed by atoms with E-state index < -0.39 is 0 Å². The molecule has 0 spiro atoms. The van der Waals surface area contributed by atoms with Crippen molar-refractivity contribution in [2.75, 3.05) is 25.0 Å². The first-order valence-electron chi connectivity index (χ1n) is 8.39. The van der Waals surface area contributed by atoms with E-state index in [0.29, 0.717) is 5.91 Å². The molecule has 1 N–H and O–H groups in total. The average Bonchev–Trinajstić information content (AvgIpc) is 2.54. The van der Waals surface area contributed by atoms with Crippen LogP contribution in [0.3, 0.4) is 0 Å². The van der Waals surface area contributed by atoms with Crippen molar-refractivity contribution in [1.82, 2.24) is 4.90 Å². The Labute approximate surface area is 128 Å². The van der Waals surface area contributed by atoms with Crippen LogP contribution in [0.1, 0.15) is 57.4 Å². The van der Waals surface area contributed by atoms with E-state index in [1.165, 1.54) is 5.56 Å². The summed E-state index contributed by atoms with van der Waals surface area (Å²) in [7, 11) is 0. The van der Waals surface area contributed by atoms with E-state index in [-0.39, 0.29) is 5.92 Å². The number of amides is 1. The van der Waals surface area contributed by atoms with Crippen LogP contribution in [-0.2, 0) is 4.79 Å². The summed E-state index contributed by atoms with van der Waals surface area (Å²) in [6.45, 7) is 7.07. The lowest BCUT2D eigenvalue weighted by Crippen LogP contribution is -2.38. The largest absolute Gasteiger partial charge is 0.385 e. The van der Waals surface area contributed by atoms with Crippen LogP contribution < -0.4 is 5.32 Å². The number of rotatable bonds is 7. The molecule has 0 aliphatic carbocycles. The van der Waals surface area contributed by atoms with E-state index in [9.17, 15) is 4.79 Å². The third-order valence-corrected chi connectivity index (χ3v) is 4.26. The van der Waals surface area contributed by atoms with Crippen LogP contribution >= 0.6 is 0 Å². The number of nitrogens with zero attached hydrogens (tertiary/aromatic N) is 1. The fourth-order valence-electron chi connectivity index (χ4n) is 2.98. The van der Waals surface area contributed by atoms with Gasteiger partial charge in [-0.1, -0.05) is 44.9 Å². The molecule has 1 atom stereocenters. The number of benzene rings is 1. The number of carbonyl (C=O) groups is 1. The molecule has 1 aromatic carbocycles. The summed E-state index contributed by atoms with van der Waals surface area (Å²) in [5.41, 5.74) is 2.31. The maximum absolute atomic E-state index is 13.0. The normalized spacial score (nSPS) is 17.0. The van der Waals surface area contributed by atoms with Gasteiger partial charge < -0.3 is 10.2 Å². The van der Waals surface area contributed by atoms with Crippen LogP contribution in [-0.4, -0.2) is 30.4 Å². The predicted octanol–water partition coefficient (Wildman–Crippen LogP) is 4.01. The third-order valence-electron chi connectivity index (χ3n) is 4.26. The first-order valence-corrected chi connectivity index (χ1v) is 8.39. The maximum Gasteiger partial charge on any atom is 0.230 e. The van der Waals surface area contributed by atoms with Crippen LogP contribution in [0.15, 0.2) is 24.3 Å². The highest BCUT2D eigenvalue weighted by atomic mass is 16.2. The summed E-state index contributed by atoms with van der Waals surface area (Å²) in [4.78, 5) is 15.1. The summed E-state index contributed by atoms with van der Waals surface area (Å²) in [6.07, 6.45) is 5.38. The van der Waals surface area contributed by atoms with Gasteiger partial charge in [-0.2, -0.15) is 0 Å². The molecule has 0 saturated heterocycles. The molecule has 1 aromatic rings. The molecule has 3 heteroatoms. The Morgan fingerprint density at radius 2 is 1.86 bits per heavy atom. The minimum atomic E-state index is 0.0381. The molecule has 1 amide bonds. The fraction of sp³-hybridized carbons (Fsp3) is 0.611. The second-order valence-corrected chi connectivity index (χ2v) is 5.89. The summed E-state index contributed by atoms with van der Waals surface area (Å²) >= 11 is 0. The first-order chi connectivity index (χ1) is 10.3. The van der Waals surface area contributed by atoms with E-state index >= 15 is 0 Å². The molecule has 0 saturated carbocycles. The minimum absolute atomic E-state index is 0.0381. The van der Waals surface area contributed by atoms with E-state index in [1.807, 2.05) is 12.1 Å². The Morgan fingerprint density at radius 1 is 1.19 bits per heavy atom. The third kappa shape index (κ3) is 3.99. The lowest BCUT2D eigenvalue weighted by Gasteiger charge is -2.31. The highest BCUT2D eigenvalue weighted by Gasteiger charge is 2.29. The zero-order valence-electron chi connectivity index (χ0n) is 13.4. The number of hydrogen-bond acceptors (Lipinski definition) is 2. The molecule has 0 radical (unpaired) electrons. The van der Waals surface area contributed by atoms with Crippen molar-refractivity contribution < 1.29 is 4.79 Å². The van der Waals surface area contributed by atoms with Gasteiger partial charge in [-0.15, -0.1) is 0 Å². The molecule has 1 heterocycles. The number of hydrogen-bond donors (Lipinski definition) is 1. The van der Waals surface area contributed by atoms with E-state index in [1.54, 1.807) is 0 Å². The van der Waals surface area contributed by atoms with Crippen LogP contribution in [0.5, 0.6) is 0 Å². The Morgan fingerprint density at radius 3 is 2.52 bits per heavy atom. The van der Waals surface area contributed by atoms with Gasteiger partial charge in [0.1, 0.15) is 0 Å². The highest BCUT2D eigenvalue weighted by Crippen LogP contribution is 2.32. The quantitative estimate of drug-likeness (QED) is 0.822. The second-order valence-electron chi connectivity index (χ2n) is 5.89. The van der Waals surface area contributed by atoms with Crippen LogP contribution in [0.25, 0.3) is 0 Å². The zero-order chi connectivity index (χ0) is 15.1. The topological polar surface area (TPSA) is 32.3 Å². The van der Waals surface area contributed by atoms with Crippen molar-refractivity contribution in [3.05, 3.63) is 29.8 Å². The molecule has 1 aliphatic heterocycles. The van der Waals surface area contributed by atoms with Crippen molar-refractivity contribution >= 4 is 11.6 Å². The molecule has 21 heavy (non-hydrogen) atoms. The van der Waals surface area contributed by atoms with Crippen molar-refractivity contribution in [2.24, 2.45) is 0 Å². The lowest BCUT2D eigenvalue weighted by atomic mass is 9.89. The predicted molar refractivity (Wildman–Crippen MR) is 88.7 cm³/mol. The summed E-state index contributed by atoms with van der Waals surface area (Å²) < 4.78 is 0. The molecule has 0 fully saturated rings. The molecular formula is C18H28N2O. The van der Waals surface area contributed by atoms with Crippen molar-refractivity contribution in [3.63, 3.8) is 0 Å². The summed E-state index contributed by atoms with van der Waals surface area (Å²) in [5, 5.41) is 3.40. The molecule has 1 unspecified atom stereocenters. The van der Waals surface area contributed by atoms with Crippen molar-refractivity contribution in [2.45, 2.75) is 51.9 Å². The van der Waals surface area contributed by atoms with Crippen LogP contribution in [0.2, 0.25) is 0 Å². The fourth-order valence-corrected chi connectivity index (χ4v) is 2.98. The number of unbranched alkanes of at least 4 members (excludes halogenated alkanes) is 2. The highest BCUT2D eigenvalue weighted by molar-refractivity contribution is 5.86. The number of nitrogens with one attached hydrogen (secondary N) is 1. The Hall–Kier alpha value is -1.51. The van der Waals surface area contributed by atoms with Gasteiger partial charge in [0, 0.05) is 25.3 Å². The number of fused-ring (bicyclic) bond motifs is 1. The van der Waals surface area contributed by atoms with Crippen molar-refractivity contribution in [1.29, 1.82) is 0 Å². The molecule has 1 aliphatic rings. The molecule has 2 rings (SSSR count). The van der Waals surface area contributed by atoms with Gasteiger partial charge in [0.15, 0.2) is 0 Å². The molecular weight excluding hydrogens is 260 g/mol. The van der Waals surface area contributed by atoms with Gasteiger partial charge in [0.05, 0.1) is 5.92 Å². The lowest BCUT2D eigenvalue weighted by molar-refractivity contribution is -0.133. The SMILES string of the molecule is CCCCN(CCCC)C(=O)C1CCNc2ccccc21. The second kappa shape index (κ2) is 8.06. The van der Waals surface area contributed by atoms with Gasteiger partial charge in [-0.05, 0) is 30.9 Å². The van der Waals surface area contributed by atoms with Gasteiger partial charge in [0.25, 0.3) is 0 Å². The standard InChI is InChI=1S/C18H28N2O/c1-3-5-13-20(14-6-4-2)18(21)16-11-12-19-17-10-8-7-9-15(16)17/h7-10,16,19H,3-6,11-14H2,1-2H3. The van der Waals surface area contributed by atoms with E-state index in [0.717, 1.165) is 57.4 Å². The summed E-state index contributed by atoms with van der Waals surface area (Å²) in [6, 6.07) is 8.25. The zero-order valence-corrected chi connectivity index (χ0v) is 13.4. The number of anilines is 1. The first kappa shape index (κ1) is 15.9. The molecule has 0 bridgehead atoms. The average molecular weight is 288 g/mol. The molecule has 116 valence electrons. The number of para-hydroxylation sites is 1. The van der Waals surface area contributed by atoms with Crippen molar-refractivity contribution in [3.8, 4) is 0 Å². The van der Waals surface area contributed by atoms with Gasteiger partial charge in [-0.25, -0.2) is 0 Å². The summed E-state index contributed by atoms with van der Waals surface area (Å²) in [5.74, 6) is 0.363. The Bertz CT molecular complexity index is 450. The maximum atomic E-state index is 13.0. The Kier molecular flexibility index (Phi) is 6.09. The number of carbonyl (C=O) groups excluding carboxylic acids is 1. The van der Waals surface area contributed by atoms with Gasteiger partial charge in [-0.3, -0.25) is 4.79 Å². The van der Waals surface area contributed by atoms with E-state index in [4.69, 9.17) is 0 Å². The van der Waals surface area contributed by atoms with Crippen LogP contribution in [0.4, 0.5) is 5.69 Å².